The van der Waals surface area contributed by atoms with E-state index in [0.717, 1.165) is 50.6 Å². The van der Waals surface area contributed by atoms with Gasteiger partial charge in [-0.1, -0.05) is 20.3 Å². The highest BCUT2D eigenvalue weighted by Crippen LogP contribution is 2.29. The summed E-state index contributed by atoms with van der Waals surface area (Å²) >= 11 is 0. The predicted octanol–water partition coefficient (Wildman–Crippen LogP) is -1.00. The fourth-order valence-corrected chi connectivity index (χ4v) is 4.04. The van der Waals surface area contributed by atoms with Gasteiger partial charge in [0.15, 0.2) is 18.0 Å². The molecular weight excluding hydrogens is 398 g/mol. The molecule has 0 bridgehead atoms. The van der Waals surface area contributed by atoms with Crippen molar-refractivity contribution < 1.29 is 33.6 Å². The van der Waals surface area contributed by atoms with E-state index in [2.05, 4.69) is 18.3 Å². The van der Waals surface area contributed by atoms with Gasteiger partial charge in [0, 0.05) is 5.56 Å². The van der Waals surface area contributed by atoms with Crippen molar-refractivity contribution in [2.45, 2.75) is 39.8 Å². The summed E-state index contributed by atoms with van der Waals surface area (Å²) in [6.45, 7) is 11.2. The minimum atomic E-state index is -0.582. The van der Waals surface area contributed by atoms with Crippen molar-refractivity contribution in [2.24, 2.45) is 5.92 Å². The number of amides is 1. The van der Waals surface area contributed by atoms with Crippen molar-refractivity contribution in [1.82, 2.24) is 5.32 Å². The Kier molecular flexibility index (Phi) is 9.58. The Labute approximate surface area is 185 Å². The van der Waals surface area contributed by atoms with Gasteiger partial charge in [0.05, 0.1) is 21.3 Å². The third-order valence-electron chi connectivity index (χ3n) is 6.34. The second kappa shape index (κ2) is 11.9. The van der Waals surface area contributed by atoms with Gasteiger partial charge in [0.25, 0.3) is 5.91 Å². The third-order valence-corrected chi connectivity index (χ3v) is 6.34. The van der Waals surface area contributed by atoms with Crippen LogP contribution >= 0.6 is 0 Å². The normalized spacial score (nSPS) is 20.5. The summed E-state index contributed by atoms with van der Waals surface area (Å²) in [4.78, 5) is 27.3. The van der Waals surface area contributed by atoms with Crippen LogP contribution in [0.25, 0.3) is 0 Å². The van der Waals surface area contributed by atoms with E-state index in [1.807, 2.05) is 19.9 Å². The lowest BCUT2D eigenvalue weighted by Crippen LogP contribution is -3.28. The highest BCUT2D eigenvalue weighted by molar-refractivity contribution is 5.85. The molecular formula is C23H39N3O5+2. The lowest BCUT2D eigenvalue weighted by atomic mass is 9.99. The summed E-state index contributed by atoms with van der Waals surface area (Å²) in [7, 11) is 4.66. The Bertz CT molecular complexity index is 747. The van der Waals surface area contributed by atoms with Gasteiger partial charge < -0.3 is 29.3 Å². The molecule has 2 rings (SSSR count). The summed E-state index contributed by atoms with van der Waals surface area (Å²) in [5, 5.41) is 2.88. The maximum absolute atomic E-state index is 12.5. The van der Waals surface area contributed by atoms with Crippen LogP contribution in [-0.2, 0) is 20.9 Å². The van der Waals surface area contributed by atoms with E-state index in [1.165, 1.54) is 28.0 Å². The molecule has 31 heavy (non-hydrogen) atoms. The average molecular weight is 438 g/mol. The summed E-state index contributed by atoms with van der Waals surface area (Å²) in [5.74, 6) is 1.08. The van der Waals surface area contributed by atoms with Gasteiger partial charge in [-0.2, -0.15) is 0 Å². The van der Waals surface area contributed by atoms with Crippen molar-refractivity contribution >= 4 is 11.9 Å². The van der Waals surface area contributed by atoms with Crippen molar-refractivity contribution in [2.75, 3.05) is 54.1 Å². The molecule has 8 nitrogen and oxygen atoms in total. The second-order valence-corrected chi connectivity index (χ2v) is 8.44. The number of carbonyl (C=O) groups is 2. The number of hydrogen-bond donors (Lipinski definition) is 3. The average Bonchev–Trinajstić information content (AvgIpc) is 2.78. The number of ether oxygens (including phenoxy) is 3. The maximum Gasteiger partial charge on any atom is 0.328 e. The van der Waals surface area contributed by atoms with Gasteiger partial charge in [0.1, 0.15) is 38.8 Å². The van der Waals surface area contributed by atoms with Crippen molar-refractivity contribution in [3.8, 4) is 11.5 Å². The fourth-order valence-electron chi connectivity index (χ4n) is 4.04. The SMILES string of the molecule is CC[C@H](C)[C@H](NC(=O)C[NH+]1CC[NH+](Cc2cc(OC)c(OC)cc2C)CC1)C(=O)OC. The summed E-state index contributed by atoms with van der Waals surface area (Å²) < 4.78 is 15.7. The van der Waals surface area contributed by atoms with Gasteiger partial charge in [-0.05, 0) is 30.5 Å². The van der Waals surface area contributed by atoms with E-state index in [1.54, 1.807) is 14.2 Å². The van der Waals surface area contributed by atoms with Crippen LogP contribution in [-0.4, -0.2) is 72.0 Å². The van der Waals surface area contributed by atoms with Crippen LogP contribution in [0.5, 0.6) is 11.5 Å². The number of benzene rings is 1. The molecule has 0 spiro atoms. The predicted molar refractivity (Wildman–Crippen MR) is 118 cm³/mol. The van der Waals surface area contributed by atoms with Crippen LogP contribution in [0.15, 0.2) is 12.1 Å². The van der Waals surface area contributed by atoms with E-state index in [-0.39, 0.29) is 17.8 Å². The second-order valence-electron chi connectivity index (χ2n) is 8.44. The molecule has 3 N–H and O–H groups in total. The van der Waals surface area contributed by atoms with E-state index in [4.69, 9.17) is 14.2 Å². The molecule has 1 aromatic carbocycles. The Morgan fingerprint density at radius 3 is 2.16 bits per heavy atom. The number of rotatable bonds is 10. The van der Waals surface area contributed by atoms with E-state index in [9.17, 15) is 9.59 Å². The third kappa shape index (κ3) is 6.83. The molecule has 0 aliphatic carbocycles. The van der Waals surface area contributed by atoms with Gasteiger partial charge in [-0.3, -0.25) is 4.79 Å². The Balaban J connectivity index is 1.87. The molecule has 0 saturated carbocycles. The van der Waals surface area contributed by atoms with Crippen molar-refractivity contribution in [1.29, 1.82) is 0 Å². The van der Waals surface area contributed by atoms with Gasteiger partial charge in [-0.15, -0.1) is 0 Å². The monoisotopic (exact) mass is 437 g/mol. The molecule has 1 amide bonds. The lowest BCUT2D eigenvalue weighted by molar-refractivity contribution is -1.02. The number of nitrogens with one attached hydrogen (secondary N) is 3. The quantitative estimate of drug-likeness (QED) is 0.409. The van der Waals surface area contributed by atoms with Gasteiger partial charge in [-0.25, -0.2) is 4.79 Å². The molecule has 1 aromatic rings. The van der Waals surface area contributed by atoms with Gasteiger partial charge >= 0.3 is 5.97 Å². The summed E-state index contributed by atoms with van der Waals surface area (Å²) in [5.41, 5.74) is 2.45. The number of esters is 1. The van der Waals surface area contributed by atoms with Crippen LogP contribution in [0.2, 0.25) is 0 Å². The zero-order chi connectivity index (χ0) is 23.0. The minimum Gasteiger partial charge on any atom is -0.493 e. The van der Waals surface area contributed by atoms with Crippen LogP contribution in [0.3, 0.4) is 0 Å². The fraction of sp³-hybridized carbons (Fsp3) is 0.652. The first-order chi connectivity index (χ1) is 14.8. The molecule has 0 radical (unpaired) electrons. The number of quaternary nitrogens is 2. The first-order valence-electron chi connectivity index (χ1n) is 11.1. The molecule has 1 heterocycles. The number of aryl methyl sites for hydroxylation is 1. The molecule has 1 saturated heterocycles. The molecule has 1 fully saturated rings. The summed E-state index contributed by atoms with van der Waals surface area (Å²) in [6.07, 6.45) is 0.796. The number of methoxy groups -OCH3 is 3. The first kappa shape index (κ1) is 24.9. The number of carbonyl (C=O) groups excluding carboxylic acids is 2. The number of piperazine rings is 1. The molecule has 0 unspecified atom stereocenters. The molecule has 1 aliphatic rings. The largest absolute Gasteiger partial charge is 0.493 e. The molecule has 2 atom stereocenters. The smallest absolute Gasteiger partial charge is 0.328 e. The van der Waals surface area contributed by atoms with Crippen molar-refractivity contribution in [3.63, 3.8) is 0 Å². The van der Waals surface area contributed by atoms with Crippen molar-refractivity contribution in [3.05, 3.63) is 23.3 Å². The first-order valence-corrected chi connectivity index (χ1v) is 11.1. The van der Waals surface area contributed by atoms with Crippen LogP contribution < -0.4 is 24.6 Å². The molecule has 174 valence electrons. The molecule has 1 aliphatic heterocycles. The summed E-state index contributed by atoms with van der Waals surface area (Å²) in [6, 6.07) is 3.51. The molecule has 8 heteroatoms. The Morgan fingerprint density at radius 2 is 1.61 bits per heavy atom. The Hall–Kier alpha value is -2.32. The Morgan fingerprint density at radius 1 is 1.03 bits per heavy atom. The minimum absolute atomic E-state index is 0.0393. The topological polar surface area (TPSA) is 82.7 Å². The van der Waals surface area contributed by atoms with Crippen LogP contribution in [0, 0.1) is 12.8 Å². The highest BCUT2D eigenvalue weighted by atomic mass is 16.5. The van der Waals surface area contributed by atoms with E-state index < -0.39 is 6.04 Å². The number of hydrogen-bond acceptors (Lipinski definition) is 5. The molecule has 0 aromatic heterocycles. The van der Waals surface area contributed by atoms with E-state index in [0.29, 0.717) is 6.54 Å². The maximum atomic E-state index is 12.5. The van der Waals surface area contributed by atoms with Crippen LogP contribution in [0.1, 0.15) is 31.4 Å². The standard InChI is InChI=1S/C23H37N3O5/c1-7-16(2)22(23(28)31-6)24-21(27)15-26-10-8-25(9-11-26)14-18-13-20(30-5)19(29-4)12-17(18)3/h12-13,16,22H,7-11,14-15H2,1-6H3,(H,24,27)/p+2/t16-,22-/m0/s1. The van der Waals surface area contributed by atoms with Crippen LogP contribution in [0.4, 0.5) is 0 Å². The lowest BCUT2D eigenvalue weighted by Gasteiger charge is -2.30. The highest BCUT2D eigenvalue weighted by Gasteiger charge is 2.30. The zero-order valence-corrected chi connectivity index (χ0v) is 19.8. The van der Waals surface area contributed by atoms with Gasteiger partial charge in [0.2, 0.25) is 0 Å². The zero-order valence-electron chi connectivity index (χ0n) is 19.8. The van der Waals surface area contributed by atoms with E-state index >= 15 is 0 Å².